The number of nitrogens with one attached hydrogen (secondary N) is 1. The van der Waals surface area contributed by atoms with Gasteiger partial charge < -0.3 is 11.1 Å². The lowest BCUT2D eigenvalue weighted by atomic mass is 10.1. The normalized spacial score (nSPS) is 11.9. The summed E-state index contributed by atoms with van der Waals surface area (Å²) in [5.41, 5.74) is 8.82. The highest BCUT2D eigenvalue weighted by Crippen LogP contribution is 2.24. The molecule has 0 heterocycles. The van der Waals surface area contributed by atoms with Crippen LogP contribution in [0.15, 0.2) is 42.5 Å². The maximum atomic E-state index is 11.5. The number of hydrogen-bond donors (Lipinski definition) is 2. The van der Waals surface area contributed by atoms with Gasteiger partial charge in [0.2, 0.25) is 0 Å². The first-order chi connectivity index (χ1) is 9.47. The number of rotatable bonds is 4. The van der Waals surface area contributed by atoms with Crippen molar-refractivity contribution in [2.24, 2.45) is 0 Å². The van der Waals surface area contributed by atoms with Crippen molar-refractivity contribution in [3.05, 3.63) is 58.6 Å². The number of carbonyl (C=O) groups is 1. The molecule has 0 aliphatic carbocycles. The molecular formula is C16H17ClN2O. The number of nitrogens with two attached hydrogens (primary N) is 1. The molecule has 0 aliphatic rings. The van der Waals surface area contributed by atoms with E-state index in [0.717, 1.165) is 11.3 Å². The molecule has 0 aliphatic heterocycles. The summed E-state index contributed by atoms with van der Waals surface area (Å²) in [5.74, 6) is -0.0368. The Morgan fingerprint density at radius 3 is 2.45 bits per heavy atom. The highest BCUT2D eigenvalue weighted by molar-refractivity contribution is 6.30. The second-order valence-electron chi connectivity index (χ2n) is 4.78. The van der Waals surface area contributed by atoms with Crippen LogP contribution in [0, 0.1) is 0 Å². The van der Waals surface area contributed by atoms with Crippen molar-refractivity contribution in [3.63, 3.8) is 0 Å². The summed E-state index contributed by atoms with van der Waals surface area (Å²) in [6.07, 6.45) is 0. The first-order valence-electron chi connectivity index (χ1n) is 6.40. The minimum Gasteiger partial charge on any atom is -0.398 e. The molecule has 104 valence electrons. The van der Waals surface area contributed by atoms with Crippen LogP contribution in [0.3, 0.4) is 0 Å². The molecule has 1 atom stereocenters. The lowest BCUT2D eigenvalue weighted by Crippen LogP contribution is -2.08. The predicted octanol–water partition coefficient (Wildman–Crippen LogP) is 4.30. The van der Waals surface area contributed by atoms with Gasteiger partial charge in [0.15, 0.2) is 5.78 Å². The third-order valence-electron chi connectivity index (χ3n) is 3.19. The van der Waals surface area contributed by atoms with E-state index in [1.165, 1.54) is 6.92 Å². The number of benzene rings is 2. The van der Waals surface area contributed by atoms with Crippen LogP contribution in [0.2, 0.25) is 5.02 Å². The standard InChI is InChI=1S/C16H17ClN2O/c1-10(12-3-5-13(17)6-4-12)19-14-7-8-16(18)15(9-14)11(2)20/h3-10,19H,18H2,1-2H3. The smallest absolute Gasteiger partial charge is 0.161 e. The summed E-state index contributed by atoms with van der Waals surface area (Å²) < 4.78 is 0. The fraction of sp³-hybridized carbons (Fsp3) is 0.188. The zero-order chi connectivity index (χ0) is 14.7. The molecule has 2 aromatic carbocycles. The number of halogens is 1. The van der Waals surface area contributed by atoms with E-state index in [9.17, 15) is 4.79 Å². The highest BCUT2D eigenvalue weighted by Gasteiger charge is 2.09. The molecular weight excluding hydrogens is 272 g/mol. The van der Waals surface area contributed by atoms with E-state index in [4.69, 9.17) is 17.3 Å². The molecule has 0 saturated heterocycles. The molecule has 1 unspecified atom stereocenters. The Hall–Kier alpha value is -2.00. The van der Waals surface area contributed by atoms with Gasteiger partial charge in [0.25, 0.3) is 0 Å². The SMILES string of the molecule is CC(=O)c1cc(NC(C)c2ccc(Cl)cc2)ccc1N. The van der Waals surface area contributed by atoms with Crippen molar-refractivity contribution < 1.29 is 4.79 Å². The Morgan fingerprint density at radius 2 is 1.85 bits per heavy atom. The zero-order valence-electron chi connectivity index (χ0n) is 11.5. The van der Waals surface area contributed by atoms with Crippen LogP contribution in [-0.2, 0) is 0 Å². The van der Waals surface area contributed by atoms with Gasteiger partial charge in [-0.25, -0.2) is 0 Å². The van der Waals surface area contributed by atoms with Gasteiger partial charge in [-0.2, -0.15) is 0 Å². The van der Waals surface area contributed by atoms with E-state index < -0.39 is 0 Å². The van der Waals surface area contributed by atoms with Crippen LogP contribution < -0.4 is 11.1 Å². The topological polar surface area (TPSA) is 55.1 Å². The number of nitrogen functional groups attached to an aromatic ring is 1. The molecule has 20 heavy (non-hydrogen) atoms. The average Bonchev–Trinajstić information content (AvgIpc) is 2.41. The van der Waals surface area contributed by atoms with Gasteiger partial charge in [-0.3, -0.25) is 4.79 Å². The average molecular weight is 289 g/mol. The van der Waals surface area contributed by atoms with Gasteiger partial charge in [0, 0.05) is 28.0 Å². The molecule has 0 aromatic heterocycles. The first-order valence-corrected chi connectivity index (χ1v) is 6.77. The Bertz CT molecular complexity index is 623. The van der Waals surface area contributed by atoms with Crippen molar-refractivity contribution in [1.82, 2.24) is 0 Å². The Labute approximate surface area is 123 Å². The molecule has 4 heteroatoms. The molecule has 0 saturated carbocycles. The summed E-state index contributed by atoms with van der Waals surface area (Å²) in [4.78, 5) is 11.5. The van der Waals surface area contributed by atoms with E-state index in [1.807, 2.05) is 37.3 Å². The first kappa shape index (κ1) is 14.4. The van der Waals surface area contributed by atoms with Crippen molar-refractivity contribution in [2.75, 3.05) is 11.1 Å². The minimum atomic E-state index is -0.0368. The van der Waals surface area contributed by atoms with Crippen LogP contribution in [0.25, 0.3) is 0 Å². The van der Waals surface area contributed by atoms with Gasteiger partial charge >= 0.3 is 0 Å². The maximum absolute atomic E-state index is 11.5. The second kappa shape index (κ2) is 5.97. The maximum Gasteiger partial charge on any atom is 0.161 e. The number of ketones is 1. The van der Waals surface area contributed by atoms with E-state index in [-0.39, 0.29) is 11.8 Å². The molecule has 0 amide bonds. The monoisotopic (exact) mass is 288 g/mol. The molecule has 0 fully saturated rings. The van der Waals surface area contributed by atoms with E-state index in [0.29, 0.717) is 16.3 Å². The largest absolute Gasteiger partial charge is 0.398 e. The number of hydrogen-bond acceptors (Lipinski definition) is 3. The van der Waals surface area contributed by atoms with Crippen LogP contribution in [0.4, 0.5) is 11.4 Å². The fourth-order valence-electron chi connectivity index (χ4n) is 2.04. The third-order valence-corrected chi connectivity index (χ3v) is 3.44. The van der Waals surface area contributed by atoms with Crippen molar-refractivity contribution in [1.29, 1.82) is 0 Å². The lowest BCUT2D eigenvalue weighted by Gasteiger charge is -2.17. The van der Waals surface area contributed by atoms with Crippen LogP contribution in [-0.4, -0.2) is 5.78 Å². The second-order valence-corrected chi connectivity index (χ2v) is 5.21. The van der Waals surface area contributed by atoms with E-state index in [2.05, 4.69) is 5.32 Å². The van der Waals surface area contributed by atoms with Gasteiger partial charge in [0.1, 0.15) is 0 Å². The van der Waals surface area contributed by atoms with E-state index in [1.54, 1.807) is 12.1 Å². The third kappa shape index (κ3) is 3.31. The van der Waals surface area contributed by atoms with Gasteiger partial charge in [-0.05, 0) is 49.7 Å². The summed E-state index contributed by atoms with van der Waals surface area (Å²) in [5, 5.41) is 4.06. The van der Waals surface area contributed by atoms with Crippen molar-refractivity contribution >= 4 is 28.8 Å². The van der Waals surface area contributed by atoms with Crippen LogP contribution in [0.1, 0.15) is 35.8 Å². The van der Waals surface area contributed by atoms with Gasteiger partial charge in [-0.1, -0.05) is 23.7 Å². The zero-order valence-corrected chi connectivity index (χ0v) is 12.2. The van der Waals surface area contributed by atoms with Crippen molar-refractivity contribution in [3.8, 4) is 0 Å². The summed E-state index contributed by atoms with van der Waals surface area (Å²) in [6.45, 7) is 3.56. The fourth-order valence-corrected chi connectivity index (χ4v) is 2.16. The van der Waals surface area contributed by atoms with Gasteiger partial charge in [0.05, 0.1) is 0 Å². The molecule has 0 radical (unpaired) electrons. The number of carbonyl (C=O) groups excluding carboxylic acids is 1. The lowest BCUT2D eigenvalue weighted by molar-refractivity contribution is 0.101. The minimum absolute atomic E-state index is 0.0368. The summed E-state index contributed by atoms with van der Waals surface area (Å²) in [7, 11) is 0. The molecule has 0 bridgehead atoms. The quantitative estimate of drug-likeness (QED) is 0.651. The molecule has 2 aromatic rings. The van der Waals surface area contributed by atoms with Gasteiger partial charge in [-0.15, -0.1) is 0 Å². The summed E-state index contributed by atoms with van der Waals surface area (Å²) in [6, 6.07) is 13.2. The predicted molar refractivity (Wildman–Crippen MR) is 84.3 cm³/mol. The Kier molecular flexibility index (Phi) is 4.30. The van der Waals surface area contributed by atoms with E-state index >= 15 is 0 Å². The molecule has 3 N–H and O–H groups in total. The Balaban J connectivity index is 2.19. The molecule has 0 spiro atoms. The summed E-state index contributed by atoms with van der Waals surface area (Å²) >= 11 is 5.88. The number of Topliss-reactive ketones (excluding diaryl/α,β-unsaturated/α-hetero) is 1. The van der Waals surface area contributed by atoms with Crippen molar-refractivity contribution in [2.45, 2.75) is 19.9 Å². The molecule has 3 nitrogen and oxygen atoms in total. The molecule has 2 rings (SSSR count). The Morgan fingerprint density at radius 1 is 1.20 bits per heavy atom. The van der Waals surface area contributed by atoms with Crippen LogP contribution in [0.5, 0.6) is 0 Å². The highest BCUT2D eigenvalue weighted by atomic mass is 35.5. The number of anilines is 2. The van der Waals surface area contributed by atoms with Crippen LogP contribution >= 0.6 is 11.6 Å².